The number of benzene rings is 2. The number of aliphatic hydroxyl groups is 1. The monoisotopic (exact) mass is 420 g/mol. The Labute approximate surface area is 179 Å². The molecule has 0 aliphatic rings. The average Bonchev–Trinajstić information content (AvgIpc) is 3.29. The van der Waals surface area contributed by atoms with E-state index in [0.717, 1.165) is 27.3 Å². The van der Waals surface area contributed by atoms with Crippen LogP contribution in [0.2, 0.25) is 0 Å². The summed E-state index contributed by atoms with van der Waals surface area (Å²) in [6.07, 6.45) is -0.868. The molecule has 2 aromatic carbocycles. The SMILES string of the molecule is CC(C)c1ccccc1OCC(O)Cn1nc(-c2cccs2)c2ccccc2c1=O. The quantitative estimate of drug-likeness (QED) is 0.471. The van der Waals surface area contributed by atoms with Gasteiger partial charge in [0.05, 0.1) is 16.8 Å². The van der Waals surface area contributed by atoms with Crippen LogP contribution in [-0.4, -0.2) is 27.6 Å². The summed E-state index contributed by atoms with van der Waals surface area (Å²) in [4.78, 5) is 13.9. The third-order valence-corrected chi connectivity index (χ3v) is 5.85. The van der Waals surface area contributed by atoms with Gasteiger partial charge in [0.1, 0.15) is 24.2 Å². The molecule has 1 atom stereocenters. The van der Waals surface area contributed by atoms with Gasteiger partial charge in [-0.25, -0.2) is 4.68 Å². The summed E-state index contributed by atoms with van der Waals surface area (Å²) in [5.74, 6) is 1.07. The van der Waals surface area contributed by atoms with Crippen molar-refractivity contribution >= 4 is 22.1 Å². The van der Waals surface area contributed by atoms with Crippen molar-refractivity contribution in [3.8, 4) is 16.3 Å². The first kappa shape index (κ1) is 20.3. The molecule has 0 spiro atoms. The number of para-hydroxylation sites is 1. The number of hydrogen-bond acceptors (Lipinski definition) is 5. The fraction of sp³-hybridized carbons (Fsp3) is 0.250. The van der Waals surface area contributed by atoms with Gasteiger partial charge in [0.15, 0.2) is 0 Å². The second kappa shape index (κ2) is 8.81. The van der Waals surface area contributed by atoms with Crippen LogP contribution < -0.4 is 10.3 Å². The van der Waals surface area contributed by atoms with Gasteiger partial charge in [-0.05, 0) is 35.1 Å². The van der Waals surface area contributed by atoms with Crippen LogP contribution in [0.1, 0.15) is 25.3 Å². The normalized spacial score (nSPS) is 12.4. The van der Waals surface area contributed by atoms with Crippen LogP contribution in [0, 0.1) is 0 Å². The maximum absolute atomic E-state index is 13.0. The topological polar surface area (TPSA) is 64.3 Å². The van der Waals surface area contributed by atoms with Crippen LogP contribution in [0.25, 0.3) is 21.3 Å². The molecule has 0 aliphatic heterocycles. The lowest BCUT2D eigenvalue weighted by molar-refractivity contribution is 0.0877. The van der Waals surface area contributed by atoms with Crippen molar-refractivity contribution in [1.82, 2.24) is 9.78 Å². The molecule has 1 unspecified atom stereocenters. The van der Waals surface area contributed by atoms with E-state index >= 15 is 0 Å². The third kappa shape index (κ3) is 4.15. The zero-order valence-corrected chi connectivity index (χ0v) is 17.8. The van der Waals surface area contributed by atoms with E-state index in [2.05, 4.69) is 18.9 Å². The number of nitrogens with zero attached hydrogens (tertiary/aromatic N) is 2. The molecule has 0 saturated heterocycles. The Balaban J connectivity index is 1.60. The van der Waals surface area contributed by atoms with Crippen LogP contribution in [0.5, 0.6) is 5.75 Å². The summed E-state index contributed by atoms with van der Waals surface area (Å²) in [6.45, 7) is 4.34. The van der Waals surface area contributed by atoms with Gasteiger partial charge in [0.25, 0.3) is 5.56 Å². The highest BCUT2D eigenvalue weighted by Gasteiger charge is 2.16. The van der Waals surface area contributed by atoms with E-state index in [1.54, 1.807) is 17.4 Å². The lowest BCUT2D eigenvalue weighted by Gasteiger charge is -2.17. The highest BCUT2D eigenvalue weighted by atomic mass is 32.1. The molecule has 4 aromatic rings. The van der Waals surface area contributed by atoms with E-state index in [1.165, 1.54) is 4.68 Å². The van der Waals surface area contributed by atoms with Crippen LogP contribution in [0.3, 0.4) is 0 Å². The van der Waals surface area contributed by atoms with Crippen molar-refractivity contribution in [2.75, 3.05) is 6.61 Å². The number of ether oxygens (including phenoxy) is 1. The number of thiophene rings is 1. The summed E-state index contributed by atoms with van der Waals surface area (Å²) < 4.78 is 7.22. The molecular weight excluding hydrogens is 396 g/mol. The number of rotatable bonds is 7. The van der Waals surface area contributed by atoms with E-state index in [9.17, 15) is 9.90 Å². The Kier molecular flexibility index (Phi) is 5.97. The fourth-order valence-electron chi connectivity index (χ4n) is 3.48. The standard InChI is InChI=1S/C24H24N2O3S/c1-16(2)18-8-5-6-11-21(18)29-15-17(27)14-26-24(28)20-10-4-3-9-19(20)23(25-26)22-12-7-13-30-22/h3-13,16-17,27H,14-15H2,1-2H3. The minimum absolute atomic E-state index is 0.0614. The van der Waals surface area contributed by atoms with Gasteiger partial charge in [-0.15, -0.1) is 11.3 Å². The van der Waals surface area contributed by atoms with E-state index in [-0.39, 0.29) is 18.7 Å². The zero-order chi connectivity index (χ0) is 21.1. The van der Waals surface area contributed by atoms with Crippen LogP contribution in [0.4, 0.5) is 0 Å². The highest BCUT2D eigenvalue weighted by Crippen LogP contribution is 2.28. The summed E-state index contributed by atoms with van der Waals surface area (Å²) >= 11 is 1.57. The first-order valence-corrected chi connectivity index (χ1v) is 10.9. The Morgan fingerprint density at radius 3 is 2.50 bits per heavy atom. The van der Waals surface area contributed by atoms with Gasteiger partial charge in [0, 0.05) is 5.39 Å². The Hall–Kier alpha value is -2.96. The second-order valence-electron chi connectivity index (χ2n) is 7.52. The van der Waals surface area contributed by atoms with E-state index < -0.39 is 6.10 Å². The van der Waals surface area contributed by atoms with Gasteiger partial charge < -0.3 is 9.84 Å². The lowest BCUT2D eigenvalue weighted by Crippen LogP contribution is -2.32. The van der Waals surface area contributed by atoms with Gasteiger partial charge >= 0.3 is 0 Å². The molecule has 0 radical (unpaired) electrons. The minimum atomic E-state index is -0.868. The molecule has 2 heterocycles. The number of fused-ring (bicyclic) bond motifs is 1. The summed E-state index contributed by atoms with van der Waals surface area (Å²) in [7, 11) is 0. The van der Waals surface area contributed by atoms with Crippen molar-refractivity contribution in [3.05, 3.63) is 82.0 Å². The van der Waals surface area contributed by atoms with Crippen LogP contribution >= 0.6 is 11.3 Å². The fourth-order valence-corrected chi connectivity index (χ4v) is 4.20. The second-order valence-corrected chi connectivity index (χ2v) is 8.46. The molecule has 1 N–H and O–H groups in total. The predicted octanol–water partition coefficient (Wildman–Crippen LogP) is 4.69. The minimum Gasteiger partial charge on any atom is -0.491 e. The van der Waals surface area contributed by atoms with Crippen molar-refractivity contribution < 1.29 is 9.84 Å². The summed E-state index contributed by atoms with van der Waals surface area (Å²) in [6, 6.07) is 19.2. The molecule has 6 heteroatoms. The third-order valence-electron chi connectivity index (χ3n) is 4.98. The smallest absolute Gasteiger partial charge is 0.274 e. The van der Waals surface area contributed by atoms with Gasteiger partial charge in [0.2, 0.25) is 0 Å². The first-order chi connectivity index (χ1) is 14.5. The van der Waals surface area contributed by atoms with Gasteiger partial charge in [-0.3, -0.25) is 4.79 Å². The van der Waals surface area contributed by atoms with Crippen LogP contribution in [0.15, 0.2) is 70.8 Å². The molecule has 30 heavy (non-hydrogen) atoms. The van der Waals surface area contributed by atoms with Crippen molar-refractivity contribution in [1.29, 1.82) is 0 Å². The van der Waals surface area contributed by atoms with Gasteiger partial charge in [-0.2, -0.15) is 5.10 Å². The predicted molar refractivity (Wildman–Crippen MR) is 121 cm³/mol. The van der Waals surface area contributed by atoms with Crippen molar-refractivity contribution in [2.45, 2.75) is 32.4 Å². The van der Waals surface area contributed by atoms with Crippen LogP contribution in [-0.2, 0) is 6.54 Å². The zero-order valence-electron chi connectivity index (χ0n) is 17.0. The Morgan fingerprint density at radius 1 is 1.03 bits per heavy atom. The van der Waals surface area contributed by atoms with Crippen molar-refractivity contribution in [3.63, 3.8) is 0 Å². The van der Waals surface area contributed by atoms with Crippen molar-refractivity contribution in [2.24, 2.45) is 0 Å². The maximum Gasteiger partial charge on any atom is 0.274 e. The number of aromatic nitrogens is 2. The molecule has 154 valence electrons. The Bertz CT molecular complexity index is 1200. The number of hydrogen-bond donors (Lipinski definition) is 1. The first-order valence-electron chi connectivity index (χ1n) is 9.98. The molecule has 4 rings (SSSR count). The number of aliphatic hydroxyl groups excluding tert-OH is 1. The highest BCUT2D eigenvalue weighted by molar-refractivity contribution is 7.13. The van der Waals surface area contributed by atoms with E-state index in [0.29, 0.717) is 11.3 Å². The molecule has 0 amide bonds. The van der Waals surface area contributed by atoms with E-state index in [4.69, 9.17) is 4.74 Å². The molecular formula is C24H24N2O3S. The summed E-state index contributed by atoms with van der Waals surface area (Å²) in [5.41, 5.74) is 1.62. The van der Waals surface area contributed by atoms with E-state index in [1.807, 2.05) is 60.0 Å². The largest absolute Gasteiger partial charge is 0.491 e. The molecule has 2 aromatic heterocycles. The summed E-state index contributed by atoms with van der Waals surface area (Å²) in [5, 5.41) is 18.6. The molecule has 0 bridgehead atoms. The molecule has 5 nitrogen and oxygen atoms in total. The maximum atomic E-state index is 13.0. The molecule has 0 fully saturated rings. The Morgan fingerprint density at radius 2 is 1.77 bits per heavy atom. The molecule has 0 aliphatic carbocycles. The lowest BCUT2D eigenvalue weighted by atomic mass is 10.0. The average molecular weight is 421 g/mol. The van der Waals surface area contributed by atoms with Gasteiger partial charge in [-0.1, -0.05) is 56.3 Å². The molecule has 0 saturated carbocycles.